The molecule has 0 bridgehead atoms. The molecule has 1 aromatic carbocycles. The number of rotatable bonds is 6. The molecule has 2 aromatic rings. The number of halogens is 1. The van der Waals surface area contributed by atoms with Crippen LogP contribution in [0, 0.1) is 5.82 Å². The maximum atomic E-state index is 13.0. The Balaban J connectivity index is 1.74. The predicted molar refractivity (Wildman–Crippen MR) is 97.1 cm³/mol. The highest BCUT2D eigenvalue weighted by Gasteiger charge is 2.37. The number of amidine groups is 1. The second kappa shape index (κ2) is 7.94. The quantitative estimate of drug-likeness (QED) is 0.452. The first-order valence-corrected chi connectivity index (χ1v) is 8.53. The van der Waals surface area contributed by atoms with E-state index in [1.807, 2.05) is 0 Å². The second-order valence-electron chi connectivity index (χ2n) is 5.32. The predicted octanol–water partition coefficient (Wildman–Crippen LogP) is 3.48. The minimum Gasteiger partial charge on any atom is -0.463 e. The monoisotopic (exact) mass is 357 g/mol. The fraction of sp³-hybridized carbons (Fsp3) is 0.167. The lowest BCUT2D eigenvalue weighted by molar-refractivity contribution is -0.125. The van der Waals surface area contributed by atoms with E-state index in [1.165, 1.54) is 30.1 Å². The van der Waals surface area contributed by atoms with Gasteiger partial charge in [0.15, 0.2) is 5.17 Å². The number of hydrogen-bond acceptors (Lipinski definition) is 5. The van der Waals surface area contributed by atoms with Gasteiger partial charge in [0.1, 0.15) is 11.6 Å². The molecule has 1 saturated heterocycles. The Labute approximate surface area is 148 Å². The van der Waals surface area contributed by atoms with Gasteiger partial charge < -0.3 is 4.42 Å². The largest absolute Gasteiger partial charge is 0.463 e. The topological polar surface area (TPSA) is 58.2 Å². The fourth-order valence-electron chi connectivity index (χ4n) is 2.35. The Morgan fingerprint density at radius 1 is 1.32 bits per heavy atom. The van der Waals surface area contributed by atoms with E-state index in [2.05, 4.69) is 16.8 Å². The zero-order chi connectivity index (χ0) is 17.6. The first-order valence-electron chi connectivity index (χ1n) is 7.65. The highest BCUT2D eigenvalue weighted by atomic mass is 32.2. The van der Waals surface area contributed by atoms with Crippen molar-refractivity contribution in [3.8, 4) is 0 Å². The van der Waals surface area contributed by atoms with Gasteiger partial charge in [0.05, 0.1) is 17.7 Å². The van der Waals surface area contributed by atoms with Crippen molar-refractivity contribution in [2.75, 3.05) is 6.54 Å². The smallest absolute Gasteiger partial charge is 0.242 e. The van der Waals surface area contributed by atoms with Crippen molar-refractivity contribution < 1.29 is 13.6 Å². The standard InChI is InChI=1S/C18H16FN3O2S/c1-2-9-22-17(23)16(11-13-5-7-14(19)8-6-13)25-18(22)21-20-12-15-4-3-10-24-15/h2-8,10,12,16H,1,9,11H2/b20-12-,21-18-. The van der Waals surface area contributed by atoms with E-state index in [-0.39, 0.29) is 17.0 Å². The van der Waals surface area contributed by atoms with Crippen LogP contribution in [0.25, 0.3) is 0 Å². The minimum atomic E-state index is -0.317. The van der Waals surface area contributed by atoms with Crippen LogP contribution in [0.1, 0.15) is 11.3 Å². The maximum absolute atomic E-state index is 13.0. The molecule has 1 aromatic heterocycles. The number of carbonyl (C=O) groups excluding carboxylic acids is 1. The molecule has 1 fully saturated rings. The normalized spacial score (nSPS) is 19.2. The van der Waals surface area contributed by atoms with Crippen molar-refractivity contribution in [2.24, 2.45) is 10.2 Å². The first kappa shape index (κ1) is 17.2. The summed E-state index contributed by atoms with van der Waals surface area (Å²) >= 11 is 1.34. The maximum Gasteiger partial charge on any atom is 0.242 e. The van der Waals surface area contributed by atoms with E-state index in [0.717, 1.165) is 5.56 Å². The molecule has 1 aliphatic rings. The van der Waals surface area contributed by atoms with Gasteiger partial charge in [0.2, 0.25) is 5.91 Å². The third-order valence-electron chi connectivity index (χ3n) is 3.54. The molecule has 25 heavy (non-hydrogen) atoms. The van der Waals surface area contributed by atoms with Crippen LogP contribution in [0.3, 0.4) is 0 Å². The molecule has 0 saturated carbocycles. The summed E-state index contributed by atoms with van der Waals surface area (Å²) in [5, 5.41) is 8.32. The van der Waals surface area contributed by atoms with E-state index in [9.17, 15) is 9.18 Å². The van der Waals surface area contributed by atoms with Gasteiger partial charge in [-0.3, -0.25) is 9.69 Å². The van der Waals surface area contributed by atoms with Gasteiger partial charge >= 0.3 is 0 Å². The van der Waals surface area contributed by atoms with Gasteiger partial charge in [-0.2, -0.15) is 5.10 Å². The van der Waals surface area contributed by atoms with Crippen LogP contribution in [0.4, 0.5) is 4.39 Å². The third-order valence-corrected chi connectivity index (χ3v) is 4.70. The molecule has 128 valence electrons. The number of amides is 1. The lowest BCUT2D eigenvalue weighted by atomic mass is 10.1. The number of thioether (sulfide) groups is 1. The van der Waals surface area contributed by atoms with Gasteiger partial charge in [-0.1, -0.05) is 30.0 Å². The van der Waals surface area contributed by atoms with Crippen LogP contribution >= 0.6 is 11.8 Å². The van der Waals surface area contributed by atoms with Crippen molar-refractivity contribution >= 4 is 29.1 Å². The van der Waals surface area contributed by atoms with Gasteiger partial charge in [-0.25, -0.2) is 4.39 Å². The van der Waals surface area contributed by atoms with Crippen molar-refractivity contribution in [2.45, 2.75) is 11.7 Å². The van der Waals surface area contributed by atoms with Crippen LogP contribution in [0.5, 0.6) is 0 Å². The van der Waals surface area contributed by atoms with E-state index in [4.69, 9.17) is 4.42 Å². The summed E-state index contributed by atoms with van der Waals surface area (Å²) in [6.45, 7) is 4.04. The number of nitrogens with zero attached hydrogens (tertiary/aromatic N) is 3. The molecule has 1 aliphatic heterocycles. The molecule has 0 spiro atoms. The van der Waals surface area contributed by atoms with E-state index < -0.39 is 0 Å². The van der Waals surface area contributed by atoms with Gasteiger partial charge in [-0.05, 0) is 36.2 Å². The Morgan fingerprint density at radius 3 is 2.80 bits per heavy atom. The van der Waals surface area contributed by atoms with Crippen molar-refractivity contribution in [3.05, 3.63) is 72.5 Å². The Morgan fingerprint density at radius 2 is 2.12 bits per heavy atom. The SMILES string of the molecule is C=CCN1C(=O)C(Cc2ccc(F)cc2)S/C1=N\N=C/c1ccco1. The zero-order valence-corrected chi connectivity index (χ0v) is 14.2. The average molecular weight is 357 g/mol. The summed E-state index contributed by atoms with van der Waals surface area (Å²) in [6, 6.07) is 9.67. The summed E-state index contributed by atoms with van der Waals surface area (Å²) in [4.78, 5) is 14.1. The number of benzene rings is 1. The number of hydrogen-bond donors (Lipinski definition) is 0. The molecule has 1 unspecified atom stereocenters. The zero-order valence-electron chi connectivity index (χ0n) is 13.3. The minimum absolute atomic E-state index is 0.0545. The molecule has 1 amide bonds. The summed E-state index contributed by atoms with van der Waals surface area (Å²) in [7, 11) is 0. The Kier molecular flexibility index (Phi) is 5.45. The fourth-order valence-corrected chi connectivity index (χ4v) is 3.49. The summed E-state index contributed by atoms with van der Waals surface area (Å²) < 4.78 is 18.2. The van der Waals surface area contributed by atoms with Crippen molar-refractivity contribution in [1.29, 1.82) is 0 Å². The number of furan rings is 1. The van der Waals surface area contributed by atoms with Crippen molar-refractivity contribution in [3.63, 3.8) is 0 Å². The van der Waals surface area contributed by atoms with E-state index >= 15 is 0 Å². The number of carbonyl (C=O) groups is 1. The van der Waals surface area contributed by atoms with Gasteiger partial charge in [-0.15, -0.1) is 11.7 Å². The average Bonchev–Trinajstić information content (AvgIpc) is 3.21. The van der Waals surface area contributed by atoms with Crippen LogP contribution < -0.4 is 0 Å². The third kappa shape index (κ3) is 4.24. The Hall–Kier alpha value is -2.67. The van der Waals surface area contributed by atoms with Gasteiger partial charge in [0, 0.05) is 6.54 Å². The molecule has 0 N–H and O–H groups in total. The van der Waals surface area contributed by atoms with E-state index in [1.54, 1.807) is 41.5 Å². The molecule has 3 rings (SSSR count). The second-order valence-corrected chi connectivity index (χ2v) is 6.49. The van der Waals surface area contributed by atoms with Crippen molar-refractivity contribution in [1.82, 2.24) is 4.90 Å². The van der Waals surface area contributed by atoms with Crippen LogP contribution in [-0.4, -0.2) is 34.0 Å². The molecular weight excluding hydrogens is 341 g/mol. The molecule has 1 atom stereocenters. The highest BCUT2D eigenvalue weighted by molar-refractivity contribution is 8.15. The van der Waals surface area contributed by atoms with Crippen LogP contribution in [0.2, 0.25) is 0 Å². The van der Waals surface area contributed by atoms with E-state index in [0.29, 0.717) is 23.9 Å². The Bertz CT molecular complexity index is 800. The highest BCUT2D eigenvalue weighted by Crippen LogP contribution is 2.30. The molecule has 0 aliphatic carbocycles. The molecule has 2 heterocycles. The van der Waals surface area contributed by atoms with Crippen LogP contribution in [-0.2, 0) is 11.2 Å². The summed E-state index contributed by atoms with van der Waals surface area (Å²) in [5.41, 5.74) is 0.895. The molecular formula is C18H16FN3O2S. The van der Waals surface area contributed by atoms with Crippen LogP contribution in [0.15, 0.2) is 69.9 Å². The summed E-state index contributed by atoms with van der Waals surface area (Å²) in [6.07, 6.45) is 5.17. The first-order chi connectivity index (χ1) is 12.2. The molecule has 7 heteroatoms. The lowest BCUT2D eigenvalue weighted by Crippen LogP contribution is -2.32. The molecule has 5 nitrogen and oxygen atoms in total. The summed E-state index contributed by atoms with van der Waals surface area (Å²) in [5.74, 6) is 0.231. The lowest BCUT2D eigenvalue weighted by Gasteiger charge is -2.12. The van der Waals surface area contributed by atoms with Gasteiger partial charge in [0.25, 0.3) is 0 Å². The molecule has 0 radical (unpaired) electrons.